The number of carbonyl (C=O) groups is 3. The molecule has 1 spiro atoms. The highest BCUT2D eigenvalue weighted by Crippen LogP contribution is 2.46. The maximum absolute atomic E-state index is 12.4. The molecule has 2 N–H and O–H groups in total. The number of para-hydroxylation sites is 1. The van der Waals surface area contributed by atoms with Gasteiger partial charge < -0.3 is 19.8 Å². The molecule has 2 aliphatic heterocycles. The first kappa shape index (κ1) is 34.3. The number of carboxylic acid groups (broad SMARTS) is 2. The number of ether oxygens (including phenoxy) is 1. The number of aromatic nitrogens is 1. The standard InChI is InChI=1S/C23H29N3O2.2C2HF3O2/c1-25(2)22(27)14-19-15-23(28-21-8-4-3-7-20(19)21)9-12-26(13-10-23)17-18-6-5-11-24-16-18;2*3-2(4,5)1(6)7/h3-8,11,16,19H,9-10,12-15,17H2,1-2H3;2*(H,6,7). The number of likely N-dealkylation sites (tertiary alicyclic amines) is 1. The van der Waals surface area contributed by atoms with Gasteiger partial charge in [-0.25, -0.2) is 9.59 Å². The number of pyridine rings is 1. The molecule has 4 rings (SSSR count). The molecule has 0 saturated carbocycles. The van der Waals surface area contributed by atoms with Gasteiger partial charge in [0.25, 0.3) is 0 Å². The summed E-state index contributed by atoms with van der Waals surface area (Å²) in [4.78, 5) is 38.6. The van der Waals surface area contributed by atoms with E-state index in [-0.39, 0.29) is 17.4 Å². The molecular weight excluding hydrogens is 576 g/mol. The van der Waals surface area contributed by atoms with E-state index in [4.69, 9.17) is 24.5 Å². The van der Waals surface area contributed by atoms with Crippen molar-refractivity contribution in [2.75, 3.05) is 27.2 Å². The number of amides is 1. The molecule has 3 heterocycles. The molecule has 1 unspecified atom stereocenters. The maximum atomic E-state index is 12.4. The Morgan fingerprint density at radius 1 is 0.976 bits per heavy atom. The zero-order valence-corrected chi connectivity index (χ0v) is 22.8. The van der Waals surface area contributed by atoms with Gasteiger partial charge >= 0.3 is 24.3 Å². The van der Waals surface area contributed by atoms with Crippen LogP contribution in [0.2, 0.25) is 0 Å². The number of hydrogen-bond acceptors (Lipinski definition) is 6. The monoisotopic (exact) mass is 607 g/mol. The van der Waals surface area contributed by atoms with Gasteiger partial charge in [0.1, 0.15) is 11.4 Å². The fourth-order valence-corrected chi connectivity index (χ4v) is 4.49. The maximum Gasteiger partial charge on any atom is 0.490 e. The Kier molecular flexibility index (Phi) is 11.7. The summed E-state index contributed by atoms with van der Waals surface area (Å²) in [5, 5.41) is 14.2. The lowest BCUT2D eigenvalue weighted by Gasteiger charge is -2.47. The van der Waals surface area contributed by atoms with Gasteiger partial charge in [-0.3, -0.25) is 14.7 Å². The van der Waals surface area contributed by atoms with Gasteiger partial charge in [0.2, 0.25) is 5.91 Å². The highest BCUT2D eigenvalue weighted by molar-refractivity contribution is 5.77. The van der Waals surface area contributed by atoms with Crippen LogP contribution < -0.4 is 4.74 Å². The number of halogens is 6. The summed E-state index contributed by atoms with van der Waals surface area (Å²) < 4.78 is 70.0. The average molecular weight is 608 g/mol. The topological polar surface area (TPSA) is 120 Å². The summed E-state index contributed by atoms with van der Waals surface area (Å²) in [5.74, 6) is -4.14. The smallest absolute Gasteiger partial charge is 0.487 e. The van der Waals surface area contributed by atoms with Crippen molar-refractivity contribution in [3.8, 4) is 5.75 Å². The second-order valence-electron chi connectivity index (χ2n) is 9.96. The van der Waals surface area contributed by atoms with E-state index in [0.717, 1.165) is 44.6 Å². The zero-order valence-electron chi connectivity index (χ0n) is 22.8. The Labute approximate surface area is 237 Å². The lowest BCUT2D eigenvalue weighted by molar-refractivity contribution is -0.193. The number of nitrogens with zero attached hydrogens (tertiary/aromatic N) is 3. The van der Waals surface area contributed by atoms with Crippen LogP contribution in [0.1, 0.15) is 42.7 Å². The van der Waals surface area contributed by atoms with E-state index in [9.17, 15) is 31.1 Å². The minimum Gasteiger partial charge on any atom is -0.487 e. The van der Waals surface area contributed by atoms with Gasteiger partial charge in [0.05, 0.1) is 0 Å². The largest absolute Gasteiger partial charge is 0.490 e. The third-order valence-electron chi connectivity index (χ3n) is 6.60. The number of piperidine rings is 1. The van der Waals surface area contributed by atoms with E-state index in [2.05, 4.69) is 28.1 Å². The Morgan fingerprint density at radius 3 is 2.00 bits per heavy atom. The molecule has 2 aliphatic rings. The number of benzene rings is 1. The van der Waals surface area contributed by atoms with Crippen molar-refractivity contribution >= 4 is 17.8 Å². The molecular formula is C27H31F6N3O6. The molecule has 1 aromatic heterocycles. The van der Waals surface area contributed by atoms with E-state index in [1.165, 1.54) is 11.1 Å². The Bertz CT molecular complexity index is 1170. The Morgan fingerprint density at radius 2 is 1.52 bits per heavy atom. The third-order valence-corrected chi connectivity index (χ3v) is 6.60. The first-order valence-corrected chi connectivity index (χ1v) is 12.6. The van der Waals surface area contributed by atoms with Crippen molar-refractivity contribution in [1.82, 2.24) is 14.8 Å². The average Bonchev–Trinajstić information content (AvgIpc) is 2.90. The molecule has 1 amide bonds. The zero-order chi connectivity index (χ0) is 31.7. The van der Waals surface area contributed by atoms with Crippen LogP contribution in [-0.2, 0) is 20.9 Å². The molecule has 1 aromatic carbocycles. The third kappa shape index (κ3) is 10.5. The quantitative estimate of drug-likeness (QED) is 0.479. The first-order valence-electron chi connectivity index (χ1n) is 12.6. The highest BCUT2D eigenvalue weighted by atomic mass is 19.4. The van der Waals surface area contributed by atoms with Gasteiger partial charge in [-0.1, -0.05) is 24.3 Å². The number of carbonyl (C=O) groups excluding carboxylic acids is 1. The van der Waals surface area contributed by atoms with E-state index in [1.807, 2.05) is 44.7 Å². The van der Waals surface area contributed by atoms with Crippen LogP contribution in [0.3, 0.4) is 0 Å². The van der Waals surface area contributed by atoms with E-state index in [0.29, 0.717) is 6.42 Å². The minimum absolute atomic E-state index is 0.156. The summed E-state index contributed by atoms with van der Waals surface area (Å²) in [6, 6.07) is 12.4. The fraction of sp³-hybridized carbons (Fsp3) is 0.481. The van der Waals surface area contributed by atoms with Crippen molar-refractivity contribution < 1.29 is 55.7 Å². The van der Waals surface area contributed by atoms with E-state index < -0.39 is 24.3 Å². The van der Waals surface area contributed by atoms with Crippen LogP contribution in [0.15, 0.2) is 48.8 Å². The fourth-order valence-electron chi connectivity index (χ4n) is 4.49. The van der Waals surface area contributed by atoms with Crippen LogP contribution >= 0.6 is 0 Å². The normalized spacial score (nSPS) is 17.8. The van der Waals surface area contributed by atoms with Gasteiger partial charge in [-0.15, -0.1) is 0 Å². The number of aliphatic carboxylic acids is 2. The number of carboxylic acids is 2. The predicted molar refractivity (Wildman–Crippen MR) is 137 cm³/mol. The Hall–Kier alpha value is -3.88. The van der Waals surface area contributed by atoms with Crippen LogP contribution in [0.4, 0.5) is 26.3 Å². The van der Waals surface area contributed by atoms with Crippen molar-refractivity contribution in [2.45, 2.75) is 56.1 Å². The molecule has 9 nitrogen and oxygen atoms in total. The Balaban J connectivity index is 0.000000367. The number of fused-ring (bicyclic) bond motifs is 1. The molecule has 2 aromatic rings. The van der Waals surface area contributed by atoms with Crippen molar-refractivity contribution in [1.29, 1.82) is 0 Å². The molecule has 15 heteroatoms. The van der Waals surface area contributed by atoms with Crippen molar-refractivity contribution in [3.05, 3.63) is 59.9 Å². The van der Waals surface area contributed by atoms with Crippen LogP contribution in [0, 0.1) is 0 Å². The lowest BCUT2D eigenvalue weighted by atomic mass is 9.76. The summed E-state index contributed by atoms with van der Waals surface area (Å²) in [6.45, 7) is 2.94. The first-order chi connectivity index (χ1) is 19.4. The molecule has 0 bridgehead atoms. The second kappa shape index (κ2) is 14.3. The van der Waals surface area contributed by atoms with Crippen molar-refractivity contribution in [3.63, 3.8) is 0 Å². The molecule has 1 atom stereocenters. The van der Waals surface area contributed by atoms with Crippen LogP contribution in [0.5, 0.6) is 5.75 Å². The SMILES string of the molecule is CN(C)C(=O)CC1CC2(CCN(Cc3cccnc3)CC2)Oc2ccccc21.O=C(O)C(F)(F)F.O=C(O)C(F)(F)F. The number of hydrogen-bond donors (Lipinski definition) is 2. The van der Waals surface area contributed by atoms with Crippen LogP contribution in [0.25, 0.3) is 0 Å². The van der Waals surface area contributed by atoms with Crippen molar-refractivity contribution in [2.24, 2.45) is 0 Å². The van der Waals surface area contributed by atoms with Gasteiger partial charge in [-0.2, -0.15) is 26.3 Å². The summed E-state index contributed by atoms with van der Waals surface area (Å²) in [5.41, 5.74) is 2.28. The minimum atomic E-state index is -5.08. The molecule has 0 radical (unpaired) electrons. The second-order valence-corrected chi connectivity index (χ2v) is 9.96. The van der Waals surface area contributed by atoms with E-state index >= 15 is 0 Å². The molecule has 1 saturated heterocycles. The van der Waals surface area contributed by atoms with Gasteiger partial charge in [0.15, 0.2) is 0 Å². The van der Waals surface area contributed by atoms with Crippen LogP contribution in [-0.4, -0.2) is 88.0 Å². The van der Waals surface area contributed by atoms with Gasteiger partial charge in [-0.05, 0) is 42.5 Å². The van der Waals surface area contributed by atoms with E-state index in [1.54, 1.807) is 4.90 Å². The summed E-state index contributed by atoms with van der Waals surface area (Å²) in [7, 11) is 3.67. The number of alkyl halides is 6. The molecule has 1 fully saturated rings. The molecule has 0 aliphatic carbocycles. The highest BCUT2D eigenvalue weighted by Gasteiger charge is 2.44. The molecule has 42 heavy (non-hydrogen) atoms. The summed E-state index contributed by atoms with van der Waals surface area (Å²) in [6.07, 6.45) is -2.95. The summed E-state index contributed by atoms with van der Waals surface area (Å²) >= 11 is 0. The number of rotatable bonds is 4. The lowest BCUT2D eigenvalue weighted by Crippen LogP contribution is -2.50. The van der Waals surface area contributed by atoms with Gasteiger partial charge in [0, 0.05) is 58.5 Å². The molecule has 232 valence electrons. The predicted octanol–water partition coefficient (Wildman–Crippen LogP) is 4.73.